The number of hydrogen-bond donors (Lipinski definition) is 0. The van der Waals surface area contributed by atoms with Crippen molar-refractivity contribution in [2.75, 3.05) is 0 Å². The van der Waals surface area contributed by atoms with Gasteiger partial charge in [-0.05, 0) is 26.2 Å². The molecule has 1 aliphatic carbocycles. The molecule has 1 fully saturated rings. The molecule has 1 nitrogen and oxygen atoms in total. The molecule has 3 atom stereocenters. The highest BCUT2D eigenvalue weighted by Crippen LogP contribution is 2.32. The maximum Gasteiger partial charge on any atom is 0.414 e. The highest BCUT2D eigenvalue weighted by Gasteiger charge is 2.40. The minimum Gasteiger partial charge on any atom is -0.365 e. The maximum atomic E-state index is 12.1. The molecule has 1 aliphatic rings. The molecule has 0 radical (unpaired) electrons. The SMILES string of the molecule is CC(OC1CCCC1I)C(F)(F)F. The van der Waals surface area contributed by atoms with Gasteiger partial charge in [-0.3, -0.25) is 0 Å². The van der Waals surface area contributed by atoms with E-state index in [2.05, 4.69) is 22.6 Å². The van der Waals surface area contributed by atoms with Crippen LogP contribution in [0.3, 0.4) is 0 Å². The molecule has 0 heterocycles. The Morgan fingerprint density at radius 1 is 1.38 bits per heavy atom. The first-order valence-electron chi connectivity index (χ1n) is 4.27. The second kappa shape index (κ2) is 4.33. The third kappa shape index (κ3) is 3.27. The van der Waals surface area contributed by atoms with Crippen LogP contribution in [0.5, 0.6) is 0 Å². The zero-order valence-corrected chi connectivity index (χ0v) is 9.43. The summed E-state index contributed by atoms with van der Waals surface area (Å²) in [4.78, 5) is 0. The summed E-state index contributed by atoms with van der Waals surface area (Å²) in [5.74, 6) is 0. The number of rotatable bonds is 2. The monoisotopic (exact) mass is 308 g/mol. The van der Waals surface area contributed by atoms with Gasteiger partial charge in [-0.15, -0.1) is 0 Å². The van der Waals surface area contributed by atoms with Crippen LogP contribution in [0.2, 0.25) is 0 Å². The van der Waals surface area contributed by atoms with Crippen LogP contribution in [0.15, 0.2) is 0 Å². The van der Waals surface area contributed by atoms with E-state index in [0.717, 1.165) is 26.2 Å². The Morgan fingerprint density at radius 2 is 2.00 bits per heavy atom. The summed E-state index contributed by atoms with van der Waals surface area (Å²) in [7, 11) is 0. The van der Waals surface area contributed by atoms with E-state index in [-0.39, 0.29) is 10.0 Å². The summed E-state index contributed by atoms with van der Waals surface area (Å²) in [6, 6.07) is 0. The molecule has 3 unspecified atom stereocenters. The molecule has 0 spiro atoms. The van der Waals surface area contributed by atoms with E-state index < -0.39 is 12.3 Å². The number of halogens is 4. The summed E-state index contributed by atoms with van der Waals surface area (Å²) in [5.41, 5.74) is 0. The summed E-state index contributed by atoms with van der Waals surface area (Å²) >= 11 is 2.16. The average molecular weight is 308 g/mol. The predicted octanol–water partition coefficient (Wildman–Crippen LogP) is 3.31. The van der Waals surface area contributed by atoms with Crippen LogP contribution >= 0.6 is 22.6 Å². The Hall–Kier alpha value is 0.480. The molecule has 5 heteroatoms. The van der Waals surface area contributed by atoms with Gasteiger partial charge < -0.3 is 4.74 Å². The highest BCUT2D eigenvalue weighted by molar-refractivity contribution is 14.1. The molecule has 13 heavy (non-hydrogen) atoms. The third-order valence-electron chi connectivity index (χ3n) is 2.21. The van der Waals surface area contributed by atoms with E-state index >= 15 is 0 Å². The molecule has 0 aromatic heterocycles. The average Bonchev–Trinajstić information content (AvgIpc) is 2.34. The fraction of sp³-hybridized carbons (Fsp3) is 1.00. The maximum absolute atomic E-state index is 12.1. The molecular weight excluding hydrogens is 296 g/mol. The van der Waals surface area contributed by atoms with E-state index in [1.807, 2.05) is 0 Å². The van der Waals surface area contributed by atoms with Crippen molar-refractivity contribution < 1.29 is 17.9 Å². The normalized spacial score (nSPS) is 32.1. The van der Waals surface area contributed by atoms with Crippen LogP contribution in [-0.2, 0) is 4.74 Å². The molecule has 0 aromatic carbocycles. The smallest absolute Gasteiger partial charge is 0.365 e. The quantitative estimate of drug-likeness (QED) is 0.562. The zero-order valence-electron chi connectivity index (χ0n) is 7.27. The summed E-state index contributed by atoms with van der Waals surface area (Å²) in [6.45, 7) is 1.07. The number of hydrogen-bond acceptors (Lipinski definition) is 1. The lowest BCUT2D eigenvalue weighted by Crippen LogP contribution is -2.34. The molecule has 0 amide bonds. The van der Waals surface area contributed by atoms with E-state index in [9.17, 15) is 13.2 Å². The van der Waals surface area contributed by atoms with E-state index in [0.29, 0.717) is 0 Å². The van der Waals surface area contributed by atoms with Gasteiger partial charge in [0.25, 0.3) is 0 Å². The topological polar surface area (TPSA) is 9.23 Å². The summed E-state index contributed by atoms with van der Waals surface area (Å²) < 4.78 is 41.5. The van der Waals surface area contributed by atoms with Gasteiger partial charge >= 0.3 is 6.18 Å². The lowest BCUT2D eigenvalue weighted by molar-refractivity contribution is -0.225. The van der Waals surface area contributed by atoms with Gasteiger partial charge in [-0.2, -0.15) is 13.2 Å². The molecular formula is C8H12F3IO. The number of ether oxygens (including phenoxy) is 1. The van der Waals surface area contributed by atoms with Crippen molar-refractivity contribution in [1.82, 2.24) is 0 Å². The van der Waals surface area contributed by atoms with Gasteiger partial charge in [0.1, 0.15) is 0 Å². The van der Waals surface area contributed by atoms with Crippen LogP contribution in [-0.4, -0.2) is 22.3 Å². The molecule has 1 saturated carbocycles. The molecule has 0 saturated heterocycles. The van der Waals surface area contributed by atoms with Gasteiger partial charge in [0.2, 0.25) is 0 Å². The van der Waals surface area contributed by atoms with Gasteiger partial charge in [0.15, 0.2) is 6.10 Å². The first kappa shape index (κ1) is 11.6. The van der Waals surface area contributed by atoms with Crippen molar-refractivity contribution in [3.63, 3.8) is 0 Å². The molecule has 78 valence electrons. The van der Waals surface area contributed by atoms with Crippen LogP contribution < -0.4 is 0 Å². The Labute approximate surface area is 89.2 Å². The van der Waals surface area contributed by atoms with Gasteiger partial charge in [-0.1, -0.05) is 22.6 Å². The van der Waals surface area contributed by atoms with E-state index in [4.69, 9.17) is 4.74 Å². The van der Waals surface area contributed by atoms with Crippen molar-refractivity contribution in [3.05, 3.63) is 0 Å². The van der Waals surface area contributed by atoms with Crippen LogP contribution in [0, 0.1) is 0 Å². The Morgan fingerprint density at radius 3 is 2.38 bits per heavy atom. The lowest BCUT2D eigenvalue weighted by Gasteiger charge is -2.22. The molecule has 1 rings (SSSR count). The second-order valence-electron chi connectivity index (χ2n) is 3.31. The minimum absolute atomic E-state index is 0.211. The lowest BCUT2D eigenvalue weighted by atomic mass is 10.3. The fourth-order valence-corrected chi connectivity index (χ4v) is 2.34. The summed E-state index contributed by atoms with van der Waals surface area (Å²) in [6.07, 6.45) is -3.36. The van der Waals surface area contributed by atoms with Gasteiger partial charge in [-0.25, -0.2) is 0 Å². The Kier molecular flexibility index (Phi) is 3.85. The van der Waals surface area contributed by atoms with Crippen molar-refractivity contribution >= 4 is 22.6 Å². The van der Waals surface area contributed by atoms with Gasteiger partial charge in [0.05, 0.1) is 6.10 Å². The molecule has 0 aliphatic heterocycles. The third-order valence-corrected chi connectivity index (χ3v) is 3.64. The van der Waals surface area contributed by atoms with Crippen molar-refractivity contribution in [1.29, 1.82) is 0 Å². The van der Waals surface area contributed by atoms with Crippen molar-refractivity contribution in [2.24, 2.45) is 0 Å². The van der Waals surface area contributed by atoms with Gasteiger partial charge in [0, 0.05) is 3.92 Å². The Balaban J connectivity index is 2.40. The first-order valence-corrected chi connectivity index (χ1v) is 5.52. The summed E-state index contributed by atoms with van der Waals surface area (Å²) in [5, 5.41) is 0. The standard InChI is InChI=1S/C8H12F3IO/c1-5(8(9,10)11)13-7-4-2-3-6(7)12/h5-7H,2-4H2,1H3. The van der Waals surface area contributed by atoms with E-state index in [1.165, 1.54) is 0 Å². The minimum atomic E-state index is -4.22. The van der Waals surface area contributed by atoms with E-state index in [1.54, 1.807) is 0 Å². The number of alkyl halides is 4. The fourth-order valence-electron chi connectivity index (χ4n) is 1.37. The van der Waals surface area contributed by atoms with Crippen LogP contribution in [0.25, 0.3) is 0 Å². The Bertz CT molecular complexity index is 171. The van der Waals surface area contributed by atoms with Crippen molar-refractivity contribution in [3.8, 4) is 0 Å². The molecule has 0 bridgehead atoms. The first-order chi connectivity index (χ1) is 5.91. The second-order valence-corrected chi connectivity index (χ2v) is 4.91. The highest BCUT2D eigenvalue weighted by atomic mass is 127. The zero-order chi connectivity index (χ0) is 10.1. The largest absolute Gasteiger partial charge is 0.414 e. The molecule has 0 N–H and O–H groups in total. The van der Waals surface area contributed by atoms with Crippen molar-refractivity contribution in [2.45, 2.75) is 48.5 Å². The predicted molar refractivity (Wildman–Crippen MR) is 52.0 cm³/mol. The molecule has 0 aromatic rings. The van der Waals surface area contributed by atoms with Crippen LogP contribution in [0.1, 0.15) is 26.2 Å². The van der Waals surface area contributed by atoms with Crippen LogP contribution in [0.4, 0.5) is 13.2 Å².